The maximum absolute atomic E-state index is 12.7. The van der Waals surface area contributed by atoms with Crippen LogP contribution in [0.2, 0.25) is 0 Å². The molecule has 24 heavy (non-hydrogen) atoms. The molecule has 2 aliphatic rings. The van der Waals surface area contributed by atoms with Crippen LogP contribution in [0, 0.1) is 0 Å². The second-order valence-corrected chi connectivity index (χ2v) is 6.14. The van der Waals surface area contributed by atoms with Gasteiger partial charge >= 0.3 is 0 Å². The molecule has 2 aliphatic heterocycles. The molecule has 2 heterocycles. The molecular formula is C18H24N2O4. The van der Waals surface area contributed by atoms with Gasteiger partial charge in [0.05, 0.1) is 19.9 Å². The number of rotatable bonds is 4. The van der Waals surface area contributed by atoms with Crippen LogP contribution in [-0.4, -0.2) is 49.9 Å². The highest BCUT2D eigenvalue weighted by Crippen LogP contribution is 2.29. The van der Waals surface area contributed by atoms with E-state index in [0.29, 0.717) is 12.2 Å². The summed E-state index contributed by atoms with van der Waals surface area (Å²) in [4.78, 5) is 20.0. The van der Waals surface area contributed by atoms with Crippen LogP contribution in [-0.2, 0) is 9.63 Å². The van der Waals surface area contributed by atoms with E-state index in [1.807, 2.05) is 23.1 Å². The zero-order valence-corrected chi connectivity index (χ0v) is 14.3. The number of oxime groups is 1. The Bertz CT molecular complexity index is 621. The summed E-state index contributed by atoms with van der Waals surface area (Å²) >= 11 is 0. The number of hydrogen-bond donors (Lipinski definition) is 0. The number of ether oxygens (including phenoxy) is 2. The van der Waals surface area contributed by atoms with Crippen LogP contribution in [0.15, 0.2) is 23.4 Å². The molecule has 0 saturated carbocycles. The zero-order chi connectivity index (χ0) is 16.9. The lowest BCUT2D eigenvalue weighted by atomic mass is 10.0. The Balaban J connectivity index is 1.71. The molecule has 1 aromatic carbocycles. The van der Waals surface area contributed by atoms with E-state index in [-0.39, 0.29) is 5.91 Å². The Labute approximate surface area is 142 Å². The van der Waals surface area contributed by atoms with Gasteiger partial charge < -0.3 is 19.2 Å². The van der Waals surface area contributed by atoms with Crippen LogP contribution < -0.4 is 9.47 Å². The molecule has 0 aromatic heterocycles. The topological polar surface area (TPSA) is 60.4 Å². The van der Waals surface area contributed by atoms with E-state index in [1.165, 1.54) is 12.8 Å². The predicted octanol–water partition coefficient (Wildman–Crippen LogP) is 2.60. The molecule has 0 radical (unpaired) electrons. The van der Waals surface area contributed by atoms with E-state index >= 15 is 0 Å². The normalized spacial score (nSPS) is 20.8. The van der Waals surface area contributed by atoms with Crippen molar-refractivity contribution in [1.29, 1.82) is 0 Å². The van der Waals surface area contributed by atoms with Crippen molar-refractivity contribution >= 4 is 11.6 Å². The van der Waals surface area contributed by atoms with Crippen LogP contribution in [0.25, 0.3) is 0 Å². The van der Waals surface area contributed by atoms with E-state index in [9.17, 15) is 4.79 Å². The molecule has 3 rings (SSSR count). The van der Waals surface area contributed by atoms with E-state index in [4.69, 9.17) is 14.3 Å². The van der Waals surface area contributed by atoms with Crippen molar-refractivity contribution in [3.05, 3.63) is 23.8 Å². The molecule has 0 unspecified atom stereocenters. The fraction of sp³-hybridized carbons (Fsp3) is 0.556. The fourth-order valence-electron chi connectivity index (χ4n) is 3.20. The minimum absolute atomic E-state index is 0.0394. The van der Waals surface area contributed by atoms with Crippen LogP contribution in [0.4, 0.5) is 0 Å². The van der Waals surface area contributed by atoms with Crippen molar-refractivity contribution in [2.45, 2.75) is 38.2 Å². The molecular weight excluding hydrogens is 308 g/mol. The number of likely N-dealkylation sites (tertiary alicyclic amines) is 1. The molecule has 0 spiro atoms. The highest BCUT2D eigenvalue weighted by atomic mass is 16.6. The summed E-state index contributed by atoms with van der Waals surface area (Å²) in [7, 11) is 3.23. The quantitative estimate of drug-likeness (QED) is 0.850. The standard InChI is InChI=1S/C18H24N2O4/c1-22-13-7-8-16(23-2)14(11-13)15-12-17(24-19-15)18(21)20-9-5-3-4-6-10-20/h7-8,11,17H,3-6,9-10,12H2,1-2H3/t17-/m1/s1. The third-order valence-corrected chi connectivity index (χ3v) is 4.58. The van der Waals surface area contributed by atoms with Gasteiger partial charge in [-0.25, -0.2) is 0 Å². The molecule has 130 valence electrons. The second-order valence-electron chi connectivity index (χ2n) is 6.14. The average Bonchev–Trinajstić information content (AvgIpc) is 2.95. The van der Waals surface area contributed by atoms with Crippen LogP contribution >= 0.6 is 0 Å². The maximum atomic E-state index is 12.7. The van der Waals surface area contributed by atoms with Gasteiger partial charge in [0, 0.05) is 25.1 Å². The third-order valence-electron chi connectivity index (χ3n) is 4.58. The maximum Gasteiger partial charge on any atom is 0.266 e. The summed E-state index contributed by atoms with van der Waals surface area (Å²) in [6.07, 6.45) is 4.44. The van der Waals surface area contributed by atoms with Crippen molar-refractivity contribution in [3.63, 3.8) is 0 Å². The number of amides is 1. The van der Waals surface area contributed by atoms with Gasteiger partial charge in [-0.05, 0) is 31.0 Å². The van der Waals surface area contributed by atoms with Gasteiger partial charge in [-0.3, -0.25) is 4.79 Å². The van der Waals surface area contributed by atoms with Gasteiger partial charge in [-0.1, -0.05) is 18.0 Å². The third kappa shape index (κ3) is 3.47. The van der Waals surface area contributed by atoms with Gasteiger partial charge in [-0.15, -0.1) is 0 Å². The summed E-state index contributed by atoms with van der Waals surface area (Å²) in [5, 5.41) is 4.14. The molecule has 1 amide bonds. The summed E-state index contributed by atoms with van der Waals surface area (Å²) in [5.74, 6) is 1.45. The van der Waals surface area contributed by atoms with Crippen LogP contribution in [0.1, 0.15) is 37.7 Å². The summed E-state index contributed by atoms with van der Waals surface area (Å²) in [5.41, 5.74) is 1.53. The lowest BCUT2D eigenvalue weighted by molar-refractivity contribution is -0.142. The van der Waals surface area contributed by atoms with E-state index < -0.39 is 6.10 Å². The number of benzene rings is 1. The van der Waals surface area contributed by atoms with E-state index in [1.54, 1.807) is 14.2 Å². The first-order valence-corrected chi connectivity index (χ1v) is 8.47. The minimum atomic E-state index is -0.533. The minimum Gasteiger partial charge on any atom is -0.497 e. The Morgan fingerprint density at radius 3 is 2.58 bits per heavy atom. The first kappa shape index (κ1) is 16.6. The first-order chi connectivity index (χ1) is 11.7. The molecule has 0 N–H and O–H groups in total. The van der Waals surface area contributed by atoms with Crippen molar-refractivity contribution in [2.75, 3.05) is 27.3 Å². The van der Waals surface area contributed by atoms with Crippen molar-refractivity contribution in [3.8, 4) is 11.5 Å². The summed E-state index contributed by atoms with van der Waals surface area (Å²) < 4.78 is 10.7. The number of carbonyl (C=O) groups excluding carboxylic acids is 1. The Morgan fingerprint density at radius 1 is 1.17 bits per heavy atom. The monoisotopic (exact) mass is 332 g/mol. The number of methoxy groups -OCH3 is 2. The van der Waals surface area contributed by atoms with Crippen LogP contribution in [0.5, 0.6) is 11.5 Å². The smallest absolute Gasteiger partial charge is 0.266 e. The van der Waals surface area contributed by atoms with Gasteiger partial charge in [0.2, 0.25) is 6.10 Å². The Hall–Kier alpha value is -2.24. The Morgan fingerprint density at radius 2 is 1.92 bits per heavy atom. The van der Waals surface area contributed by atoms with Gasteiger partial charge in [-0.2, -0.15) is 0 Å². The number of nitrogens with zero attached hydrogens (tertiary/aromatic N) is 2. The molecule has 0 aliphatic carbocycles. The highest BCUT2D eigenvalue weighted by Gasteiger charge is 2.33. The van der Waals surface area contributed by atoms with Crippen molar-refractivity contribution < 1.29 is 19.1 Å². The average molecular weight is 332 g/mol. The van der Waals surface area contributed by atoms with Crippen LogP contribution in [0.3, 0.4) is 0 Å². The number of carbonyl (C=O) groups is 1. The SMILES string of the molecule is COc1ccc(OC)c(C2=NO[C@@H](C(=O)N3CCCCCC3)C2)c1. The highest BCUT2D eigenvalue weighted by molar-refractivity contribution is 6.06. The zero-order valence-electron chi connectivity index (χ0n) is 14.3. The van der Waals surface area contributed by atoms with E-state index in [0.717, 1.165) is 43.0 Å². The van der Waals surface area contributed by atoms with Crippen molar-refractivity contribution in [2.24, 2.45) is 5.16 Å². The predicted molar refractivity (Wildman–Crippen MR) is 90.6 cm³/mol. The Kier molecular flexibility index (Phi) is 5.23. The van der Waals surface area contributed by atoms with Crippen molar-refractivity contribution in [1.82, 2.24) is 4.90 Å². The molecule has 6 heteroatoms. The van der Waals surface area contributed by atoms with E-state index in [2.05, 4.69) is 5.16 Å². The molecule has 1 fully saturated rings. The van der Waals surface area contributed by atoms with Gasteiger partial charge in [0.1, 0.15) is 11.5 Å². The first-order valence-electron chi connectivity index (χ1n) is 8.47. The second kappa shape index (κ2) is 7.55. The molecule has 1 atom stereocenters. The lowest BCUT2D eigenvalue weighted by Crippen LogP contribution is -2.39. The van der Waals surface area contributed by atoms with Gasteiger partial charge in [0.15, 0.2) is 0 Å². The molecule has 6 nitrogen and oxygen atoms in total. The largest absolute Gasteiger partial charge is 0.497 e. The fourth-order valence-corrected chi connectivity index (χ4v) is 3.20. The molecule has 1 aromatic rings. The van der Waals surface area contributed by atoms with Gasteiger partial charge in [0.25, 0.3) is 5.91 Å². The summed E-state index contributed by atoms with van der Waals surface area (Å²) in [6.45, 7) is 1.63. The molecule has 1 saturated heterocycles. The lowest BCUT2D eigenvalue weighted by Gasteiger charge is -2.22. The molecule has 0 bridgehead atoms. The number of hydrogen-bond acceptors (Lipinski definition) is 5. The summed E-state index contributed by atoms with van der Waals surface area (Å²) in [6, 6.07) is 5.53.